The number of nitrogens with zero attached hydrogens (tertiary/aromatic N) is 2. The van der Waals surface area contributed by atoms with Crippen LogP contribution in [0.1, 0.15) is 27.7 Å². The Labute approximate surface area is 108 Å². The van der Waals surface area contributed by atoms with Gasteiger partial charge in [-0.3, -0.25) is 9.69 Å². The number of hydrogen-bond donors (Lipinski definition) is 2. The maximum Gasteiger partial charge on any atom is 0.325 e. The van der Waals surface area contributed by atoms with Crippen LogP contribution in [-0.4, -0.2) is 64.7 Å². The van der Waals surface area contributed by atoms with Crippen molar-refractivity contribution in [3.05, 3.63) is 0 Å². The average molecular weight is 257 g/mol. The third-order valence-corrected chi connectivity index (χ3v) is 3.20. The first-order valence-corrected chi connectivity index (χ1v) is 6.36. The lowest BCUT2D eigenvalue weighted by Gasteiger charge is -2.24. The van der Waals surface area contributed by atoms with E-state index in [1.807, 2.05) is 18.7 Å². The van der Waals surface area contributed by atoms with Crippen LogP contribution in [0.5, 0.6) is 0 Å². The van der Waals surface area contributed by atoms with Crippen LogP contribution in [0.4, 0.5) is 4.79 Å². The fourth-order valence-electron chi connectivity index (χ4n) is 2.03. The van der Waals surface area contributed by atoms with E-state index >= 15 is 0 Å². The van der Waals surface area contributed by atoms with Crippen LogP contribution in [0, 0.1) is 0 Å². The number of β-amino-alcohol motifs (C(OH)–C–C–N with tert-alkyl or cyclic N) is 1. The Morgan fingerprint density at radius 1 is 1.33 bits per heavy atom. The highest BCUT2D eigenvalue weighted by Gasteiger charge is 2.44. The van der Waals surface area contributed by atoms with Crippen LogP contribution in [-0.2, 0) is 4.79 Å². The molecule has 0 saturated carbocycles. The van der Waals surface area contributed by atoms with Crippen molar-refractivity contribution in [3.8, 4) is 0 Å². The molecule has 1 rings (SSSR count). The van der Waals surface area contributed by atoms with Gasteiger partial charge in [0.05, 0.1) is 12.6 Å². The van der Waals surface area contributed by atoms with Crippen LogP contribution in [0.15, 0.2) is 0 Å². The molecule has 104 valence electrons. The summed E-state index contributed by atoms with van der Waals surface area (Å²) in [6.07, 6.45) is -0.714. The molecule has 6 heteroatoms. The maximum atomic E-state index is 11.9. The topological polar surface area (TPSA) is 72.9 Å². The summed E-state index contributed by atoms with van der Waals surface area (Å²) in [5, 5.41) is 12.5. The van der Waals surface area contributed by atoms with Crippen LogP contribution in [0.25, 0.3) is 0 Å². The van der Waals surface area contributed by atoms with Crippen molar-refractivity contribution < 1.29 is 14.7 Å². The molecule has 3 amide bonds. The molecule has 0 bridgehead atoms. The molecule has 6 nitrogen and oxygen atoms in total. The molecule has 0 aliphatic carbocycles. The van der Waals surface area contributed by atoms with Gasteiger partial charge in [-0.1, -0.05) is 13.8 Å². The van der Waals surface area contributed by atoms with E-state index in [1.165, 1.54) is 0 Å². The summed E-state index contributed by atoms with van der Waals surface area (Å²) in [6, 6.07) is -0.427. The number of carbonyl (C=O) groups excluding carboxylic acids is 2. The van der Waals surface area contributed by atoms with Crippen LogP contribution < -0.4 is 5.32 Å². The smallest absolute Gasteiger partial charge is 0.325 e. The quantitative estimate of drug-likeness (QED) is 0.658. The van der Waals surface area contributed by atoms with E-state index in [0.29, 0.717) is 6.54 Å². The maximum absolute atomic E-state index is 11.9. The second-order valence-corrected chi connectivity index (χ2v) is 5.11. The highest BCUT2D eigenvalue weighted by Crippen LogP contribution is 2.16. The van der Waals surface area contributed by atoms with Gasteiger partial charge in [-0.2, -0.15) is 0 Å². The van der Waals surface area contributed by atoms with Crippen LogP contribution in [0.3, 0.4) is 0 Å². The van der Waals surface area contributed by atoms with Crippen molar-refractivity contribution in [2.24, 2.45) is 0 Å². The summed E-state index contributed by atoms with van der Waals surface area (Å²) in [5.41, 5.74) is -0.869. The summed E-state index contributed by atoms with van der Waals surface area (Å²) >= 11 is 0. The number of likely N-dealkylation sites (N-methyl/N-ethyl adjacent to an activating group) is 1. The minimum atomic E-state index is -0.869. The summed E-state index contributed by atoms with van der Waals surface area (Å²) in [7, 11) is 0. The normalized spacial score (nSPS) is 20.4. The number of aliphatic hydroxyl groups excluding tert-OH is 1. The molecule has 0 spiro atoms. The van der Waals surface area contributed by atoms with Gasteiger partial charge in [0.2, 0.25) is 0 Å². The Morgan fingerprint density at radius 2 is 1.89 bits per heavy atom. The number of aliphatic hydroxyl groups is 1. The Bertz CT molecular complexity index is 327. The second-order valence-electron chi connectivity index (χ2n) is 5.11. The second kappa shape index (κ2) is 5.67. The number of hydrogen-bond acceptors (Lipinski definition) is 4. The third kappa shape index (κ3) is 3.20. The zero-order valence-electron chi connectivity index (χ0n) is 11.6. The molecular formula is C12H23N3O3. The monoisotopic (exact) mass is 257 g/mol. The first-order valence-electron chi connectivity index (χ1n) is 6.36. The highest BCUT2D eigenvalue weighted by atomic mass is 16.3. The van der Waals surface area contributed by atoms with Gasteiger partial charge in [0.1, 0.15) is 5.54 Å². The van der Waals surface area contributed by atoms with E-state index in [1.54, 1.807) is 13.8 Å². The summed E-state index contributed by atoms with van der Waals surface area (Å²) in [6.45, 7) is 9.50. The predicted molar refractivity (Wildman–Crippen MR) is 68.1 cm³/mol. The molecule has 0 unspecified atom stereocenters. The van der Waals surface area contributed by atoms with Crippen molar-refractivity contribution in [2.75, 3.05) is 26.2 Å². The van der Waals surface area contributed by atoms with Gasteiger partial charge in [0, 0.05) is 6.54 Å². The van der Waals surface area contributed by atoms with Gasteiger partial charge in [0.15, 0.2) is 0 Å². The fourth-order valence-corrected chi connectivity index (χ4v) is 2.03. The molecule has 1 aliphatic rings. The number of carbonyl (C=O) groups is 2. The molecule has 0 aromatic carbocycles. The van der Waals surface area contributed by atoms with Gasteiger partial charge in [-0.05, 0) is 26.9 Å². The number of imide groups is 1. The Kier molecular flexibility index (Phi) is 4.70. The van der Waals surface area contributed by atoms with E-state index in [0.717, 1.165) is 18.0 Å². The van der Waals surface area contributed by atoms with E-state index in [-0.39, 0.29) is 12.5 Å². The lowest BCUT2D eigenvalue weighted by Crippen LogP contribution is -2.44. The molecule has 2 N–H and O–H groups in total. The molecule has 18 heavy (non-hydrogen) atoms. The number of amides is 3. The lowest BCUT2D eigenvalue weighted by molar-refractivity contribution is -0.131. The summed E-state index contributed by atoms with van der Waals surface area (Å²) in [5.74, 6) is -0.286. The minimum absolute atomic E-state index is 0.0462. The molecule has 1 fully saturated rings. The van der Waals surface area contributed by atoms with Gasteiger partial charge < -0.3 is 15.3 Å². The number of urea groups is 1. The Hall–Kier alpha value is -1.14. The third-order valence-electron chi connectivity index (χ3n) is 3.20. The predicted octanol–water partition coefficient (Wildman–Crippen LogP) is 0.0195. The molecule has 1 saturated heterocycles. The van der Waals surface area contributed by atoms with Gasteiger partial charge >= 0.3 is 6.03 Å². The van der Waals surface area contributed by atoms with Crippen molar-refractivity contribution in [1.82, 2.24) is 15.1 Å². The van der Waals surface area contributed by atoms with Gasteiger partial charge in [-0.15, -0.1) is 0 Å². The average Bonchev–Trinajstić information content (AvgIpc) is 2.48. The Balaban J connectivity index is 2.57. The molecular weight excluding hydrogens is 234 g/mol. The molecule has 0 aromatic rings. The SMILES string of the molecule is CCN(CC)C[C@H](O)CN1C(=O)NC(C)(C)C1=O. The molecule has 0 aromatic heterocycles. The molecule has 1 atom stereocenters. The van der Waals surface area contributed by atoms with Crippen LogP contribution in [0.2, 0.25) is 0 Å². The first kappa shape index (κ1) is 14.9. The molecule has 1 aliphatic heterocycles. The molecule has 1 heterocycles. The van der Waals surface area contributed by atoms with Crippen molar-refractivity contribution in [2.45, 2.75) is 39.3 Å². The van der Waals surface area contributed by atoms with Crippen LogP contribution >= 0.6 is 0 Å². The first-order chi connectivity index (χ1) is 8.31. The highest BCUT2D eigenvalue weighted by molar-refractivity contribution is 6.06. The zero-order chi connectivity index (χ0) is 13.9. The zero-order valence-corrected chi connectivity index (χ0v) is 11.6. The standard InChI is InChI=1S/C12H23N3O3/c1-5-14(6-2)7-9(16)8-15-10(17)12(3,4)13-11(15)18/h9,16H,5-8H2,1-4H3,(H,13,18)/t9-/m0/s1. The van der Waals surface area contributed by atoms with E-state index in [9.17, 15) is 14.7 Å². The largest absolute Gasteiger partial charge is 0.390 e. The van der Waals surface area contributed by atoms with Crippen molar-refractivity contribution >= 4 is 11.9 Å². The van der Waals surface area contributed by atoms with Gasteiger partial charge in [0.25, 0.3) is 5.91 Å². The van der Waals surface area contributed by atoms with E-state index < -0.39 is 17.7 Å². The fraction of sp³-hybridized carbons (Fsp3) is 0.833. The lowest BCUT2D eigenvalue weighted by atomic mass is 10.1. The Morgan fingerprint density at radius 3 is 2.28 bits per heavy atom. The number of nitrogens with one attached hydrogen (secondary N) is 1. The van der Waals surface area contributed by atoms with Crippen molar-refractivity contribution in [1.29, 1.82) is 0 Å². The van der Waals surface area contributed by atoms with Crippen molar-refractivity contribution in [3.63, 3.8) is 0 Å². The summed E-state index contributed by atoms with van der Waals surface area (Å²) in [4.78, 5) is 26.7. The van der Waals surface area contributed by atoms with E-state index in [4.69, 9.17) is 0 Å². The minimum Gasteiger partial charge on any atom is -0.390 e. The number of rotatable bonds is 6. The van der Waals surface area contributed by atoms with E-state index in [2.05, 4.69) is 5.32 Å². The van der Waals surface area contributed by atoms with Gasteiger partial charge in [-0.25, -0.2) is 4.79 Å². The molecule has 0 radical (unpaired) electrons. The summed E-state index contributed by atoms with van der Waals surface area (Å²) < 4.78 is 0.